The van der Waals surface area contributed by atoms with Gasteiger partial charge in [-0.3, -0.25) is 9.78 Å². The van der Waals surface area contributed by atoms with Crippen LogP contribution in [0.15, 0.2) is 12.4 Å². The molecule has 0 aliphatic heterocycles. The minimum Gasteiger partial charge on any atom is -0.382 e. The number of nitrogens with zero attached hydrogens (tertiary/aromatic N) is 2. The van der Waals surface area contributed by atoms with Crippen molar-refractivity contribution in [1.29, 1.82) is 0 Å². The van der Waals surface area contributed by atoms with Crippen LogP contribution in [0.5, 0.6) is 0 Å². The average Bonchev–Trinajstić information content (AvgIpc) is 2.12. The molecule has 0 aliphatic rings. The average molecular weight is 195 g/mol. The molecule has 1 heterocycles. The smallest absolute Gasteiger partial charge is 0.216 e. The molecule has 1 aromatic heterocycles. The van der Waals surface area contributed by atoms with Gasteiger partial charge in [-0.05, 0) is 0 Å². The molecule has 76 valence electrons. The number of nitrogens with two attached hydrogens (primary N) is 1. The maximum Gasteiger partial charge on any atom is 0.216 e. The van der Waals surface area contributed by atoms with E-state index in [0.717, 1.165) is 0 Å². The van der Waals surface area contributed by atoms with Gasteiger partial charge >= 0.3 is 0 Å². The quantitative estimate of drug-likeness (QED) is 0.569. The molecule has 1 rings (SSSR count). The highest BCUT2D eigenvalue weighted by atomic mass is 16.1. The maximum atomic E-state index is 10.5. The highest BCUT2D eigenvalue weighted by Crippen LogP contribution is 2.01. The number of carbonyl (C=O) groups is 1. The number of aromatic nitrogens is 2. The summed E-state index contributed by atoms with van der Waals surface area (Å²) in [5.41, 5.74) is 5.43. The summed E-state index contributed by atoms with van der Waals surface area (Å²) in [6, 6.07) is 0. The van der Waals surface area contributed by atoms with Crippen molar-refractivity contribution in [3.05, 3.63) is 12.4 Å². The van der Waals surface area contributed by atoms with Gasteiger partial charge in [-0.1, -0.05) is 0 Å². The van der Waals surface area contributed by atoms with Crippen molar-refractivity contribution in [2.24, 2.45) is 0 Å². The van der Waals surface area contributed by atoms with Crippen molar-refractivity contribution >= 4 is 17.5 Å². The molecule has 0 aromatic carbocycles. The molecule has 0 spiro atoms. The van der Waals surface area contributed by atoms with E-state index in [0.29, 0.717) is 24.7 Å². The van der Waals surface area contributed by atoms with E-state index in [1.807, 2.05) is 0 Å². The molecule has 0 radical (unpaired) electrons. The Morgan fingerprint density at radius 2 is 2.29 bits per heavy atom. The third kappa shape index (κ3) is 3.70. The lowest BCUT2D eigenvalue weighted by molar-refractivity contribution is -0.118. The first kappa shape index (κ1) is 10.2. The van der Waals surface area contributed by atoms with Crippen LogP contribution in [-0.2, 0) is 4.79 Å². The van der Waals surface area contributed by atoms with E-state index < -0.39 is 0 Å². The minimum atomic E-state index is -0.0505. The number of amides is 1. The van der Waals surface area contributed by atoms with Crippen LogP contribution in [0.4, 0.5) is 11.6 Å². The van der Waals surface area contributed by atoms with Crippen LogP contribution in [0.3, 0.4) is 0 Å². The van der Waals surface area contributed by atoms with Gasteiger partial charge in [-0.2, -0.15) is 0 Å². The summed E-state index contributed by atoms with van der Waals surface area (Å²) in [6.45, 7) is 2.61. The van der Waals surface area contributed by atoms with Gasteiger partial charge in [-0.15, -0.1) is 0 Å². The number of hydrogen-bond acceptors (Lipinski definition) is 5. The van der Waals surface area contributed by atoms with Gasteiger partial charge in [0.15, 0.2) is 0 Å². The first-order chi connectivity index (χ1) is 6.68. The first-order valence-electron chi connectivity index (χ1n) is 4.24. The number of nitrogen functional groups attached to an aromatic ring is 1. The van der Waals surface area contributed by atoms with Gasteiger partial charge in [0.2, 0.25) is 5.91 Å². The third-order valence-electron chi connectivity index (χ3n) is 1.46. The summed E-state index contributed by atoms with van der Waals surface area (Å²) in [7, 11) is 0. The molecule has 1 amide bonds. The van der Waals surface area contributed by atoms with Crippen molar-refractivity contribution < 1.29 is 4.79 Å². The van der Waals surface area contributed by atoms with Crippen LogP contribution >= 0.6 is 0 Å². The largest absolute Gasteiger partial charge is 0.382 e. The van der Waals surface area contributed by atoms with Gasteiger partial charge in [0, 0.05) is 20.0 Å². The van der Waals surface area contributed by atoms with Gasteiger partial charge < -0.3 is 16.4 Å². The highest BCUT2D eigenvalue weighted by Gasteiger charge is 1.94. The Labute approximate surface area is 81.9 Å². The molecule has 6 nitrogen and oxygen atoms in total. The summed E-state index contributed by atoms with van der Waals surface area (Å²) in [5.74, 6) is 0.926. The van der Waals surface area contributed by atoms with Crippen LogP contribution in [0.1, 0.15) is 6.92 Å². The lowest BCUT2D eigenvalue weighted by Gasteiger charge is -2.05. The second-order valence-corrected chi connectivity index (χ2v) is 2.74. The van der Waals surface area contributed by atoms with Gasteiger partial charge in [-0.25, -0.2) is 4.98 Å². The number of rotatable bonds is 4. The zero-order chi connectivity index (χ0) is 10.4. The maximum absolute atomic E-state index is 10.5. The summed E-state index contributed by atoms with van der Waals surface area (Å²) >= 11 is 0. The number of anilines is 2. The molecule has 0 saturated carbocycles. The molecule has 1 aromatic rings. The van der Waals surface area contributed by atoms with E-state index in [1.165, 1.54) is 13.1 Å². The predicted molar refractivity (Wildman–Crippen MR) is 53.6 cm³/mol. The van der Waals surface area contributed by atoms with Crippen molar-refractivity contribution in [1.82, 2.24) is 15.3 Å². The summed E-state index contributed by atoms with van der Waals surface area (Å²) < 4.78 is 0. The zero-order valence-electron chi connectivity index (χ0n) is 7.95. The fourth-order valence-corrected chi connectivity index (χ4v) is 0.895. The monoisotopic (exact) mass is 195 g/mol. The Balaban J connectivity index is 2.28. The minimum absolute atomic E-state index is 0.0505. The molecule has 14 heavy (non-hydrogen) atoms. The molecule has 0 saturated heterocycles. The summed E-state index contributed by atoms with van der Waals surface area (Å²) in [4.78, 5) is 18.4. The summed E-state index contributed by atoms with van der Waals surface area (Å²) in [5, 5.41) is 5.62. The SMILES string of the molecule is CC(=O)NCCNc1cncc(N)n1. The van der Waals surface area contributed by atoms with E-state index in [1.54, 1.807) is 6.20 Å². The van der Waals surface area contributed by atoms with Crippen molar-refractivity contribution in [2.45, 2.75) is 6.92 Å². The van der Waals surface area contributed by atoms with Crippen molar-refractivity contribution in [3.8, 4) is 0 Å². The molecular weight excluding hydrogens is 182 g/mol. The highest BCUT2D eigenvalue weighted by molar-refractivity contribution is 5.72. The summed E-state index contributed by atoms with van der Waals surface area (Å²) in [6.07, 6.45) is 3.04. The lowest BCUT2D eigenvalue weighted by atomic mass is 10.5. The van der Waals surface area contributed by atoms with Crippen LogP contribution in [-0.4, -0.2) is 29.0 Å². The Morgan fingerprint density at radius 3 is 2.93 bits per heavy atom. The Morgan fingerprint density at radius 1 is 1.50 bits per heavy atom. The van der Waals surface area contributed by atoms with Crippen molar-refractivity contribution in [2.75, 3.05) is 24.1 Å². The third-order valence-corrected chi connectivity index (χ3v) is 1.46. The molecular formula is C8H13N5O. The van der Waals surface area contributed by atoms with E-state index >= 15 is 0 Å². The molecule has 0 fully saturated rings. The van der Waals surface area contributed by atoms with Gasteiger partial charge in [0.05, 0.1) is 12.4 Å². The van der Waals surface area contributed by atoms with E-state index in [2.05, 4.69) is 20.6 Å². The zero-order valence-corrected chi connectivity index (χ0v) is 7.95. The topological polar surface area (TPSA) is 92.9 Å². The van der Waals surface area contributed by atoms with Crippen molar-refractivity contribution in [3.63, 3.8) is 0 Å². The molecule has 0 unspecified atom stereocenters. The molecule has 0 bridgehead atoms. The Bertz CT molecular complexity index is 314. The second-order valence-electron chi connectivity index (χ2n) is 2.74. The number of hydrogen-bond donors (Lipinski definition) is 3. The van der Waals surface area contributed by atoms with Crippen LogP contribution in [0, 0.1) is 0 Å². The van der Waals surface area contributed by atoms with Crippen LogP contribution in [0.2, 0.25) is 0 Å². The second kappa shape index (κ2) is 5.00. The van der Waals surface area contributed by atoms with Crippen LogP contribution in [0.25, 0.3) is 0 Å². The van der Waals surface area contributed by atoms with Crippen LogP contribution < -0.4 is 16.4 Å². The standard InChI is InChI=1S/C8H13N5O/c1-6(14)11-2-3-12-8-5-10-4-7(9)13-8/h4-5H,2-3H2,1H3,(H,11,14)(H3,9,12,13). The first-order valence-corrected chi connectivity index (χ1v) is 4.24. The molecule has 0 aliphatic carbocycles. The lowest BCUT2D eigenvalue weighted by Crippen LogP contribution is -2.26. The van der Waals surface area contributed by atoms with Gasteiger partial charge in [0.1, 0.15) is 11.6 Å². The Hall–Kier alpha value is -1.85. The van der Waals surface area contributed by atoms with Gasteiger partial charge in [0.25, 0.3) is 0 Å². The predicted octanol–water partition coefficient (Wildman–Crippen LogP) is -0.393. The Kier molecular flexibility index (Phi) is 3.66. The fourth-order valence-electron chi connectivity index (χ4n) is 0.895. The van der Waals surface area contributed by atoms with E-state index in [9.17, 15) is 4.79 Å². The normalized spacial score (nSPS) is 9.50. The number of carbonyl (C=O) groups excluding carboxylic acids is 1. The van der Waals surface area contributed by atoms with E-state index in [-0.39, 0.29) is 5.91 Å². The fraction of sp³-hybridized carbons (Fsp3) is 0.375. The molecule has 4 N–H and O–H groups in total. The molecule has 0 atom stereocenters. The molecule has 6 heteroatoms. The number of nitrogens with one attached hydrogen (secondary N) is 2. The van der Waals surface area contributed by atoms with E-state index in [4.69, 9.17) is 5.73 Å².